The maximum Gasteiger partial charge on any atom is 0.252 e. The molecule has 0 amide bonds. The van der Waals surface area contributed by atoms with Crippen LogP contribution in [0.1, 0.15) is 23.0 Å². The zero-order valence-corrected chi connectivity index (χ0v) is 13.4. The minimum Gasteiger partial charge on any atom is -0.378 e. The smallest absolute Gasteiger partial charge is 0.252 e. The Kier molecular flexibility index (Phi) is 4.08. The molecule has 0 saturated carbocycles. The Labute approximate surface area is 141 Å². The van der Waals surface area contributed by atoms with Crippen LogP contribution in [0.2, 0.25) is 0 Å². The number of ether oxygens (including phenoxy) is 1. The van der Waals surface area contributed by atoms with Gasteiger partial charge in [0.1, 0.15) is 23.3 Å². The summed E-state index contributed by atoms with van der Waals surface area (Å²) in [4.78, 5) is 28.3. The van der Waals surface area contributed by atoms with Crippen molar-refractivity contribution in [2.24, 2.45) is 0 Å². The van der Waals surface area contributed by atoms with E-state index >= 15 is 0 Å². The standard InChI is InChI=1S/C16H17F2N5O2/c17-9-5-11-12(6-10(9)18)20-13(19-11)7-14-21-15(8-16(24)22-14)23-1-3-25-4-2-23/h5,8,10H,1-4,6-7H2,(H,19,20)(H,21,22,24). The molecule has 1 aliphatic heterocycles. The third kappa shape index (κ3) is 3.32. The Balaban J connectivity index is 1.58. The molecule has 1 saturated heterocycles. The summed E-state index contributed by atoms with van der Waals surface area (Å²) in [5.41, 5.74) is 0.696. The molecule has 0 radical (unpaired) electrons. The van der Waals surface area contributed by atoms with Crippen molar-refractivity contribution in [1.29, 1.82) is 0 Å². The Morgan fingerprint density at radius 3 is 2.80 bits per heavy atom. The van der Waals surface area contributed by atoms with E-state index in [4.69, 9.17) is 4.74 Å². The molecular weight excluding hydrogens is 332 g/mol. The number of aromatic amines is 2. The zero-order chi connectivity index (χ0) is 17.4. The van der Waals surface area contributed by atoms with Crippen LogP contribution in [0.3, 0.4) is 0 Å². The number of H-pyrrole nitrogens is 2. The van der Waals surface area contributed by atoms with Gasteiger partial charge in [-0.1, -0.05) is 0 Å². The Morgan fingerprint density at radius 2 is 2.00 bits per heavy atom. The molecule has 9 heteroatoms. The van der Waals surface area contributed by atoms with Crippen molar-refractivity contribution in [2.75, 3.05) is 31.2 Å². The number of hydrogen-bond donors (Lipinski definition) is 2. The van der Waals surface area contributed by atoms with Crippen LogP contribution in [-0.4, -0.2) is 52.4 Å². The van der Waals surface area contributed by atoms with Crippen molar-refractivity contribution < 1.29 is 13.5 Å². The highest BCUT2D eigenvalue weighted by molar-refractivity contribution is 5.54. The van der Waals surface area contributed by atoms with E-state index < -0.39 is 12.0 Å². The average Bonchev–Trinajstić information content (AvgIpc) is 2.96. The first-order chi connectivity index (χ1) is 12.1. The quantitative estimate of drug-likeness (QED) is 0.867. The lowest BCUT2D eigenvalue weighted by Gasteiger charge is -2.27. The number of anilines is 1. The van der Waals surface area contributed by atoms with Crippen LogP contribution in [0.4, 0.5) is 14.6 Å². The third-order valence-electron chi connectivity index (χ3n) is 4.26. The molecule has 2 aromatic heterocycles. The summed E-state index contributed by atoms with van der Waals surface area (Å²) < 4.78 is 32.1. The van der Waals surface area contributed by atoms with Crippen LogP contribution < -0.4 is 10.5 Å². The third-order valence-corrected chi connectivity index (χ3v) is 4.26. The minimum atomic E-state index is -1.64. The van der Waals surface area contributed by atoms with Gasteiger partial charge in [0.15, 0.2) is 6.17 Å². The van der Waals surface area contributed by atoms with Crippen LogP contribution in [0.15, 0.2) is 16.7 Å². The maximum atomic E-state index is 13.4. The van der Waals surface area contributed by atoms with Crippen LogP contribution in [0.5, 0.6) is 0 Å². The molecule has 2 aliphatic rings. The van der Waals surface area contributed by atoms with Gasteiger partial charge in [-0.25, -0.2) is 18.7 Å². The molecule has 1 unspecified atom stereocenters. The number of aromatic nitrogens is 4. The highest BCUT2D eigenvalue weighted by Crippen LogP contribution is 2.25. The van der Waals surface area contributed by atoms with E-state index in [9.17, 15) is 13.6 Å². The van der Waals surface area contributed by atoms with Crippen molar-refractivity contribution in [3.05, 3.63) is 45.3 Å². The Morgan fingerprint density at radius 1 is 1.24 bits per heavy atom. The van der Waals surface area contributed by atoms with E-state index in [0.29, 0.717) is 55.2 Å². The second-order valence-electron chi connectivity index (χ2n) is 6.07. The molecule has 1 fully saturated rings. The van der Waals surface area contributed by atoms with Crippen LogP contribution >= 0.6 is 0 Å². The van der Waals surface area contributed by atoms with Gasteiger partial charge in [0.25, 0.3) is 5.56 Å². The SMILES string of the molecule is O=c1cc(N2CCOCC2)nc(Cc2nc3c([nH]2)CC(F)C(F)=C3)[nH]1. The summed E-state index contributed by atoms with van der Waals surface area (Å²) in [5, 5.41) is 0. The maximum absolute atomic E-state index is 13.4. The number of nitrogens with one attached hydrogen (secondary N) is 2. The zero-order valence-electron chi connectivity index (χ0n) is 13.4. The molecule has 1 atom stereocenters. The number of allylic oxidation sites excluding steroid dienone is 1. The second kappa shape index (κ2) is 6.40. The van der Waals surface area contributed by atoms with Gasteiger partial charge in [0.05, 0.1) is 25.3 Å². The van der Waals surface area contributed by atoms with Crippen molar-refractivity contribution in [1.82, 2.24) is 19.9 Å². The first-order valence-corrected chi connectivity index (χ1v) is 8.10. The van der Waals surface area contributed by atoms with Crippen molar-refractivity contribution in [2.45, 2.75) is 19.0 Å². The number of rotatable bonds is 3. The number of hydrogen-bond acceptors (Lipinski definition) is 5. The van der Waals surface area contributed by atoms with E-state index in [-0.39, 0.29) is 18.4 Å². The normalized spacial score (nSPS) is 20.3. The van der Waals surface area contributed by atoms with Crippen LogP contribution in [-0.2, 0) is 17.6 Å². The predicted molar refractivity (Wildman–Crippen MR) is 87.0 cm³/mol. The van der Waals surface area contributed by atoms with Gasteiger partial charge < -0.3 is 19.6 Å². The van der Waals surface area contributed by atoms with Crippen molar-refractivity contribution >= 4 is 11.9 Å². The lowest BCUT2D eigenvalue weighted by Crippen LogP contribution is -2.37. The summed E-state index contributed by atoms with van der Waals surface area (Å²) in [5.74, 6) is 0.728. The second-order valence-corrected chi connectivity index (χ2v) is 6.07. The summed E-state index contributed by atoms with van der Waals surface area (Å²) in [6.07, 6.45) is -0.359. The molecule has 132 valence electrons. The highest BCUT2D eigenvalue weighted by atomic mass is 19.2. The lowest BCUT2D eigenvalue weighted by molar-refractivity contribution is 0.122. The van der Waals surface area contributed by atoms with Gasteiger partial charge >= 0.3 is 0 Å². The van der Waals surface area contributed by atoms with Gasteiger partial charge in [0, 0.05) is 37.3 Å². The molecular formula is C16H17F2N5O2. The highest BCUT2D eigenvalue weighted by Gasteiger charge is 2.24. The molecule has 25 heavy (non-hydrogen) atoms. The van der Waals surface area contributed by atoms with Gasteiger partial charge in [-0.05, 0) is 0 Å². The summed E-state index contributed by atoms with van der Waals surface area (Å²) in [7, 11) is 0. The number of fused-ring (bicyclic) bond motifs is 1. The van der Waals surface area contributed by atoms with Gasteiger partial charge in [-0.3, -0.25) is 4.79 Å². The predicted octanol–water partition coefficient (Wildman–Crippen LogP) is 1.12. The number of halogens is 2. The minimum absolute atomic E-state index is 0.0670. The molecule has 2 N–H and O–H groups in total. The van der Waals surface area contributed by atoms with E-state index in [1.54, 1.807) is 0 Å². The van der Waals surface area contributed by atoms with E-state index in [2.05, 4.69) is 19.9 Å². The van der Waals surface area contributed by atoms with E-state index in [1.807, 2.05) is 4.90 Å². The molecule has 0 bridgehead atoms. The summed E-state index contributed by atoms with van der Waals surface area (Å²) >= 11 is 0. The number of imidazole rings is 1. The Hall–Kier alpha value is -2.55. The number of morpholine rings is 1. The van der Waals surface area contributed by atoms with Gasteiger partial charge in [-0.15, -0.1) is 0 Å². The summed E-state index contributed by atoms with van der Waals surface area (Å²) in [6, 6.07) is 1.45. The largest absolute Gasteiger partial charge is 0.378 e. The summed E-state index contributed by atoms with van der Waals surface area (Å²) in [6.45, 7) is 2.54. The molecule has 1 aliphatic carbocycles. The fourth-order valence-corrected chi connectivity index (χ4v) is 3.03. The van der Waals surface area contributed by atoms with Crippen LogP contribution in [0.25, 0.3) is 6.08 Å². The van der Waals surface area contributed by atoms with E-state index in [1.165, 1.54) is 6.07 Å². The van der Waals surface area contributed by atoms with Crippen molar-refractivity contribution in [3.8, 4) is 0 Å². The van der Waals surface area contributed by atoms with Crippen molar-refractivity contribution in [3.63, 3.8) is 0 Å². The fourth-order valence-electron chi connectivity index (χ4n) is 3.03. The van der Waals surface area contributed by atoms with Gasteiger partial charge in [0.2, 0.25) is 0 Å². The lowest BCUT2D eigenvalue weighted by atomic mass is 10.1. The number of alkyl halides is 1. The number of nitrogens with zero attached hydrogens (tertiary/aromatic N) is 3. The fraction of sp³-hybridized carbons (Fsp3) is 0.438. The molecule has 2 aromatic rings. The monoisotopic (exact) mass is 349 g/mol. The molecule has 0 spiro atoms. The van der Waals surface area contributed by atoms with Gasteiger partial charge in [-0.2, -0.15) is 0 Å². The van der Waals surface area contributed by atoms with E-state index in [0.717, 1.165) is 6.08 Å². The first-order valence-electron chi connectivity index (χ1n) is 8.10. The molecule has 3 heterocycles. The Bertz CT molecular complexity index is 870. The van der Waals surface area contributed by atoms with Crippen LogP contribution in [0, 0.1) is 0 Å². The first kappa shape index (κ1) is 15.9. The average molecular weight is 349 g/mol. The topological polar surface area (TPSA) is 86.9 Å². The molecule has 4 rings (SSSR count). The molecule has 0 aromatic carbocycles. The molecule has 7 nitrogen and oxygen atoms in total.